The van der Waals surface area contributed by atoms with Gasteiger partial charge in [-0.2, -0.15) is 0 Å². The molecule has 0 saturated heterocycles. The van der Waals surface area contributed by atoms with Crippen molar-refractivity contribution in [3.8, 4) is 5.75 Å². The quantitative estimate of drug-likeness (QED) is 0.829. The summed E-state index contributed by atoms with van der Waals surface area (Å²) in [5.41, 5.74) is 1.05. The molecule has 3 nitrogen and oxygen atoms in total. The SMILES string of the molecule is CCO[P+](=O)[C@H](c1ccccc1)c1ccccc1O. The van der Waals surface area contributed by atoms with Crippen LogP contribution in [0.25, 0.3) is 0 Å². The third kappa shape index (κ3) is 3.19. The predicted molar refractivity (Wildman–Crippen MR) is 75.6 cm³/mol. The van der Waals surface area contributed by atoms with Crippen LogP contribution in [0.5, 0.6) is 5.75 Å². The fourth-order valence-electron chi connectivity index (χ4n) is 1.97. The van der Waals surface area contributed by atoms with Crippen LogP contribution in [0, 0.1) is 0 Å². The smallest absolute Gasteiger partial charge is 0.507 e. The van der Waals surface area contributed by atoms with Gasteiger partial charge in [0.1, 0.15) is 5.75 Å². The van der Waals surface area contributed by atoms with E-state index < -0.39 is 13.7 Å². The minimum Gasteiger partial charge on any atom is -0.507 e. The lowest BCUT2D eigenvalue weighted by atomic mass is 10.0. The highest BCUT2D eigenvalue weighted by molar-refractivity contribution is 7.40. The average molecular weight is 275 g/mol. The highest BCUT2D eigenvalue weighted by Crippen LogP contribution is 2.48. The maximum Gasteiger partial charge on any atom is 0.521 e. The van der Waals surface area contributed by atoms with E-state index in [1.165, 1.54) is 0 Å². The maximum atomic E-state index is 12.3. The van der Waals surface area contributed by atoms with Crippen LogP contribution in [-0.4, -0.2) is 11.7 Å². The first-order valence-electron chi connectivity index (χ1n) is 6.16. The molecule has 19 heavy (non-hydrogen) atoms. The van der Waals surface area contributed by atoms with Gasteiger partial charge in [-0.3, -0.25) is 0 Å². The van der Waals surface area contributed by atoms with E-state index in [-0.39, 0.29) is 5.75 Å². The Morgan fingerprint density at radius 3 is 2.37 bits per heavy atom. The first kappa shape index (κ1) is 13.7. The molecule has 2 rings (SSSR count). The first-order chi connectivity index (χ1) is 9.24. The van der Waals surface area contributed by atoms with Crippen LogP contribution in [0.3, 0.4) is 0 Å². The predicted octanol–water partition coefficient (Wildman–Crippen LogP) is 4.26. The third-order valence-corrected chi connectivity index (χ3v) is 4.32. The fraction of sp³-hybridized carbons (Fsp3) is 0.200. The van der Waals surface area contributed by atoms with Crippen LogP contribution in [0.15, 0.2) is 54.6 Å². The number of aromatic hydroxyl groups is 1. The van der Waals surface area contributed by atoms with E-state index in [4.69, 9.17) is 4.52 Å². The Morgan fingerprint density at radius 2 is 1.74 bits per heavy atom. The molecule has 0 aromatic heterocycles. The standard InChI is InChI=1S/C15H15O3P/c1-2-18-19(17)15(12-8-4-3-5-9-12)13-10-6-7-11-14(13)16/h3-11,15H,2H2,1H3/p+1/t15-/m1/s1. The zero-order valence-corrected chi connectivity index (χ0v) is 11.6. The van der Waals surface area contributed by atoms with Crippen LogP contribution >= 0.6 is 8.03 Å². The Labute approximate surface area is 113 Å². The number of phenols is 1. The van der Waals surface area contributed by atoms with Gasteiger partial charge in [0, 0.05) is 5.56 Å². The molecule has 4 heteroatoms. The van der Waals surface area contributed by atoms with Crippen LogP contribution < -0.4 is 0 Å². The summed E-state index contributed by atoms with van der Waals surface area (Å²) in [6.45, 7) is 2.19. The number of rotatable bonds is 5. The maximum absolute atomic E-state index is 12.3. The summed E-state index contributed by atoms with van der Waals surface area (Å²) in [5, 5.41) is 9.98. The topological polar surface area (TPSA) is 46.5 Å². The Kier molecular flexibility index (Phi) is 4.67. The molecule has 0 bridgehead atoms. The van der Waals surface area contributed by atoms with Gasteiger partial charge in [-0.05, 0) is 17.6 Å². The van der Waals surface area contributed by atoms with Crippen molar-refractivity contribution in [2.45, 2.75) is 12.6 Å². The summed E-state index contributed by atoms with van der Waals surface area (Å²) in [6.07, 6.45) is 0. The number of hydrogen-bond acceptors (Lipinski definition) is 3. The van der Waals surface area contributed by atoms with Gasteiger partial charge in [-0.25, -0.2) is 0 Å². The largest absolute Gasteiger partial charge is 0.521 e. The summed E-state index contributed by atoms with van der Waals surface area (Å²) in [4.78, 5) is 0. The van der Waals surface area contributed by atoms with Crippen molar-refractivity contribution < 1.29 is 14.2 Å². The second-order valence-corrected chi connectivity index (χ2v) is 5.42. The average Bonchev–Trinajstić information content (AvgIpc) is 2.43. The molecule has 2 atom stereocenters. The summed E-state index contributed by atoms with van der Waals surface area (Å²) in [7, 11) is -1.92. The molecular formula is C15H16O3P+. The van der Waals surface area contributed by atoms with Crippen LogP contribution in [-0.2, 0) is 9.09 Å². The summed E-state index contributed by atoms with van der Waals surface area (Å²) in [5.74, 6) is 0.138. The molecule has 1 unspecified atom stereocenters. The summed E-state index contributed by atoms with van der Waals surface area (Å²) >= 11 is 0. The first-order valence-corrected chi connectivity index (χ1v) is 7.40. The van der Waals surface area contributed by atoms with Gasteiger partial charge in [0.05, 0.1) is 12.2 Å². The van der Waals surface area contributed by atoms with Gasteiger partial charge in [0.25, 0.3) is 0 Å². The molecule has 0 amide bonds. The van der Waals surface area contributed by atoms with Crippen molar-refractivity contribution in [3.63, 3.8) is 0 Å². The van der Waals surface area contributed by atoms with E-state index in [1.54, 1.807) is 25.1 Å². The van der Waals surface area contributed by atoms with Crippen LogP contribution in [0.2, 0.25) is 0 Å². The van der Waals surface area contributed by atoms with Crippen molar-refractivity contribution in [3.05, 3.63) is 65.7 Å². The number of hydrogen-bond donors (Lipinski definition) is 1. The van der Waals surface area contributed by atoms with Gasteiger partial charge in [0.15, 0.2) is 0 Å². The Morgan fingerprint density at radius 1 is 1.11 bits per heavy atom. The molecule has 2 aromatic carbocycles. The number of para-hydroxylation sites is 1. The normalized spacial score (nSPS) is 13.0. The molecule has 0 radical (unpaired) electrons. The molecule has 0 saturated carbocycles. The van der Waals surface area contributed by atoms with Crippen LogP contribution in [0.1, 0.15) is 23.7 Å². The lowest BCUT2D eigenvalue weighted by Gasteiger charge is -2.09. The molecule has 0 aliphatic heterocycles. The summed E-state index contributed by atoms with van der Waals surface area (Å²) in [6, 6.07) is 16.4. The molecule has 0 aliphatic carbocycles. The van der Waals surface area contributed by atoms with Gasteiger partial charge in [0.2, 0.25) is 5.66 Å². The summed E-state index contributed by atoms with van der Waals surface area (Å²) < 4.78 is 17.6. The molecule has 0 heterocycles. The second kappa shape index (κ2) is 6.46. The van der Waals surface area contributed by atoms with Gasteiger partial charge in [-0.1, -0.05) is 48.5 Å². The zero-order chi connectivity index (χ0) is 13.7. The van der Waals surface area contributed by atoms with Crippen molar-refractivity contribution in [2.75, 3.05) is 6.61 Å². The monoisotopic (exact) mass is 275 g/mol. The highest BCUT2D eigenvalue weighted by atomic mass is 31.1. The van der Waals surface area contributed by atoms with E-state index >= 15 is 0 Å². The highest BCUT2D eigenvalue weighted by Gasteiger charge is 2.37. The van der Waals surface area contributed by atoms with E-state index in [9.17, 15) is 9.67 Å². The lowest BCUT2D eigenvalue weighted by molar-refractivity contribution is 0.345. The van der Waals surface area contributed by atoms with Gasteiger partial charge >= 0.3 is 8.03 Å². The Balaban J connectivity index is 2.46. The van der Waals surface area contributed by atoms with Crippen molar-refractivity contribution in [1.29, 1.82) is 0 Å². The van der Waals surface area contributed by atoms with Crippen molar-refractivity contribution in [1.82, 2.24) is 0 Å². The lowest BCUT2D eigenvalue weighted by Crippen LogP contribution is -1.98. The van der Waals surface area contributed by atoms with E-state index in [0.717, 1.165) is 5.56 Å². The molecule has 0 aliphatic rings. The Bertz CT molecular complexity index is 554. The third-order valence-electron chi connectivity index (χ3n) is 2.81. The van der Waals surface area contributed by atoms with Gasteiger partial charge < -0.3 is 5.11 Å². The molecule has 0 fully saturated rings. The minimum atomic E-state index is -1.92. The van der Waals surface area contributed by atoms with E-state index in [1.807, 2.05) is 36.4 Å². The van der Waals surface area contributed by atoms with E-state index in [2.05, 4.69) is 0 Å². The molecule has 1 N–H and O–H groups in total. The molecule has 98 valence electrons. The minimum absolute atomic E-state index is 0.138. The molecule has 2 aromatic rings. The van der Waals surface area contributed by atoms with Crippen molar-refractivity contribution in [2.24, 2.45) is 0 Å². The number of phenolic OH excluding ortho intramolecular Hbond substituents is 1. The zero-order valence-electron chi connectivity index (χ0n) is 10.7. The molecular weight excluding hydrogens is 259 g/mol. The van der Waals surface area contributed by atoms with Gasteiger partial charge in [-0.15, -0.1) is 4.52 Å². The fourth-order valence-corrected chi connectivity index (χ4v) is 3.24. The van der Waals surface area contributed by atoms with E-state index in [0.29, 0.717) is 12.2 Å². The van der Waals surface area contributed by atoms with Crippen LogP contribution in [0.4, 0.5) is 0 Å². The Hall–Kier alpha value is -1.70. The number of benzene rings is 2. The van der Waals surface area contributed by atoms with Crippen molar-refractivity contribution >= 4 is 8.03 Å². The molecule has 0 spiro atoms. The second-order valence-electron chi connectivity index (χ2n) is 4.08.